The largest absolute Gasteiger partial charge is 0.390 e. The lowest BCUT2D eigenvalue weighted by Crippen LogP contribution is -2.59. The summed E-state index contributed by atoms with van der Waals surface area (Å²) in [7, 11) is 0. The van der Waals surface area contributed by atoms with Gasteiger partial charge in [0.05, 0.1) is 56.9 Å². The molecule has 6 fully saturated rings. The van der Waals surface area contributed by atoms with Gasteiger partial charge in [-0.3, -0.25) is 14.9 Å². The number of carbonyl (C=O) groups excluding carboxylic acids is 2. The van der Waals surface area contributed by atoms with Gasteiger partial charge in [0.25, 0.3) is 0 Å². The molecule has 10 nitrogen and oxygen atoms in total. The number of aliphatic hydroxyl groups excluding tert-OH is 1. The van der Waals surface area contributed by atoms with E-state index in [1.807, 2.05) is 0 Å². The number of amides is 2. The maximum atomic E-state index is 13.4. The molecule has 41 heavy (non-hydrogen) atoms. The lowest BCUT2D eigenvalue weighted by molar-refractivity contribution is -0.156. The van der Waals surface area contributed by atoms with E-state index < -0.39 is 6.10 Å². The summed E-state index contributed by atoms with van der Waals surface area (Å²) >= 11 is 0. The second-order valence-corrected chi connectivity index (χ2v) is 13.8. The van der Waals surface area contributed by atoms with Gasteiger partial charge in [0.1, 0.15) is 0 Å². The number of carbonyl (C=O) groups is 2. The minimum Gasteiger partial charge on any atom is -0.390 e. The van der Waals surface area contributed by atoms with Gasteiger partial charge < -0.3 is 34.9 Å². The molecular weight excluding hydrogens is 524 g/mol. The Hall–Kier alpha value is -1.30. The van der Waals surface area contributed by atoms with Gasteiger partial charge in [-0.15, -0.1) is 0 Å². The van der Waals surface area contributed by atoms with Crippen molar-refractivity contribution in [2.24, 2.45) is 23.7 Å². The molecule has 0 radical (unpaired) electrons. The van der Waals surface area contributed by atoms with Crippen LogP contribution in [-0.4, -0.2) is 104 Å². The van der Waals surface area contributed by atoms with Crippen LogP contribution in [0.3, 0.4) is 0 Å². The highest BCUT2D eigenvalue weighted by Crippen LogP contribution is 2.38. The van der Waals surface area contributed by atoms with Gasteiger partial charge in [0.15, 0.2) is 0 Å². The van der Waals surface area contributed by atoms with E-state index in [2.05, 4.69) is 27.8 Å². The molecule has 4 N–H and O–H groups in total. The Labute approximate surface area is 245 Å². The first kappa shape index (κ1) is 29.8. The highest BCUT2D eigenvalue weighted by Gasteiger charge is 2.42. The van der Waals surface area contributed by atoms with Crippen molar-refractivity contribution in [3.8, 4) is 0 Å². The van der Waals surface area contributed by atoms with Crippen molar-refractivity contribution in [1.29, 1.82) is 0 Å². The van der Waals surface area contributed by atoms with Gasteiger partial charge >= 0.3 is 0 Å². The minimum atomic E-state index is -0.596. The highest BCUT2D eigenvalue weighted by molar-refractivity contribution is 5.81. The molecular formula is C31H52N4O6. The van der Waals surface area contributed by atoms with E-state index in [0.717, 1.165) is 70.8 Å². The van der Waals surface area contributed by atoms with Gasteiger partial charge in [0, 0.05) is 30.5 Å². The predicted octanol–water partition coefficient (Wildman–Crippen LogP) is 1.55. The summed E-state index contributed by atoms with van der Waals surface area (Å²) in [6.07, 6.45) is 10.3. The van der Waals surface area contributed by atoms with Crippen molar-refractivity contribution in [1.82, 2.24) is 20.9 Å². The zero-order valence-electron chi connectivity index (χ0n) is 24.8. The normalized spacial score (nSPS) is 41.9. The number of ether oxygens (including phenoxy) is 3. The van der Waals surface area contributed by atoms with Crippen LogP contribution in [0.4, 0.5) is 0 Å². The van der Waals surface area contributed by atoms with Crippen molar-refractivity contribution in [3.63, 3.8) is 0 Å². The molecule has 6 rings (SSSR count). The van der Waals surface area contributed by atoms with Crippen LogP contribution in [-0.2, 0) is 23.8 Å². The van der Waals surface area contributed by atoms with Crippen LogP contribution in [0.2, 0.25) is 0 Å². The molecule has 0 aromatic carbocycles. The summed E-state index contributed by atoms with van der Waals surface area (Å²) in [5, 5.41) is 20.9. The molecule has 10 heteroatoms. The van der Waals surface area contributed by atoms with E-state index in [1.165, 1.54) is 6.42 Å². The Morgan fingerprint density at radius 3 is 2.46 bits per heavy atom. The van der Waals surface area contributed by atoms with Gasteiger partial charge in [0.2, 0.25) is 11.8 Å². The number of nitrogens with zero attached hydrogens (tertiary/aromatic N) is 1. The molecule has 0 spiro atoms. The van der Waals surface area contributed by atoms with E-state index in [9.17, 15) is 14.7 Å². The lowest BCUT2D eigenvalue weighted by atomic mass is 9.72. The summed E-state index contributed by atoms with van der Waals surface area (Å²) in [6, 6.07) is 0.824. The van der Waals surface area contributed by atoms with Crippen LogP contribution in [0.1, 0.15) is 77.6 Å². The third-order valence-electron chi connectivity index (χ3n) is 11.2. The van der Waals surface area contributed by atoms with Crippen molar-refractivity contribution in [2.75, 3.05) is 39.6 Å². The third-order valence-corrected chi connectivity index (χ3v) is 11.2. The zero-order valence-corrected chi connectivity index (χ0v) is 24.8. The molecule has 232 valence electrons. The van der Waals surface area contributed by atoms with Gasteiger partial charge in [-0.25, -0.2) is 0 Å². The van der Waals surface area contributed by atoms with Crippen LogP contribution >= 0.6 is 0 Å². The third kappa shape index (κ3) is 6.93. The number of hydrogen-bond donors (Lipinski definition) is 4. The Bertz CT molecular complexity index is 878. The summed E-state index contributed by atoms with van der Waals surface area (Å²) in [6.45, 7) is 5.91. The van der Waals surface area contributed by atoms with Crippen LogP contribution in [0.25, 0.3) is 0 Å². The summed E-state index contributed by atoms with van der Waals surface area (Å²) in [5.41, 5.74) is 0. The zero-order chi connectivity index (χ0) is 28.3. The summed E-state index contributed by atoms with van der Waals surface area (Å²) in [4.78, 5) is 28.5. The van der Waals surface area contributed by atoms with E-state index in [1.54, 1.807) is 0 Å². The number of aliphatic hydroxyl groups is 1. The molecule has 4 saturated heterocycles. The van der Waals surface area contributed by atoms with Gasteiger partial charge in [-0.1, -0.05) is 0 Å². The van der Waals surface area contributed by atoms with Crippen LogP contribution in [0.5, 0.6) is 0 Å². The molecule has 0 aromatic rings. The van der Waals surface area contributed by atoms with Crippen LogP contribution < -0.4 is 16.0 Å². The number of nitrogens with one attached hydrogen (secondary N) is 3. The molecule has 4 heterocycles. The molecule has 4 aliphatic heterocycles. The van der Waals surface area contributed by atoms with Crippen molar-refractivity contribution >= 4 is 11.8 Å². The monoisotopic (exact) mass is 576 g/mol. The standard InChI is InChI=1S/C31H52N4O6/c1-19-29(41-18-34-19)17-40-26-10-9-22-12-27(32-13-23(22)11-26)28(36)14-33-30(37)20-5-7-21(8-6-20)31(38)35-24-3-2-4-25(35)16-39-15-24/h19-29,32,34,36H,2-18H2,1H3,(H,33,37)/t19?,20?,21?,22?,23?,24?,25?,26?,27-,28+,29?/m0/s1. The number of piperidine rings is 2. The van der Waals surface area contributed by atoms with Gasteiger partial charge in [-0.2, -0.15) is 0 Å². The summed E-state index contributed by atoms with van der Waals surface area (Å²) in [5.74, 6) is 1.44. The van der Waals surface area contributed by atoms with Crippen LogP contribution in [0.15, 0.2) is 0 Å². The molecule has 2 bridgehead atoms. The van der Waals surface area contributed by atoms with Crippen LogP contribution in [0, 0.1) is 23.7 Å². The van der Waals surface area contributed by atoms with Crippen molar-refractivity contribution < 1.29 is 28.9 Å². The fourth-order valence-corrected chi connectivity index (χ4v) is 8.48. The number of hydrogen-bond acceptors (Lipinski definition) is 8. The Kier molecular flexibility index (Phi) is 9.84. The van der Waals surface area contributed by atoms with Gasteiger partial charge in [-0.05, 0) is 95.9 Å². The molecule has 2 saturated carbocycles. The average Bonchev–Trinajstić information content (AvgIpc) is 3.41. The molecule has 6 aliphatic rings. The smallest absolute Gasteiger partial charge is 0.226 e. The highest BCUT2D eigenvalue weighted by atomic mass is 16.5. The van der Waals surface area contributed by atoms with E-state index in [0.29, 0.717) is 44.4 Å². The van der Waals surface area contributed by atoms with Crippen molar-refractivity contribution in [2.45, 2.75) is 120 Å². The first-order chi connectivity index (χ1) is 20.0. The Morgan fingerprint density at radius 2 is 1.73 bits per heavy atom. The number of morpholine rings is 1. The summed E-state index contributed by atoms with van der Waals surface area (Å²) < 4.78 is 17.7. The Balaban J connectivity index is 0.887. The Morgan fingerprint density at radius 1 is 0.976 bits per heavy atom. The molecule has 2 amide bonds. The topological polar surface area (TPSA) is 121 Å². The molecule has 2 aliphatic carbocycles. The molecule has 9 atom stereocenters. The van der Waals surface area contributed by atoms with Crippen molar-refractivity contribution in [3.05, 3.63) is 0 Å². The fourth-order valence-electron chi connectivity index (χ4n) is 8.48. The lowest BCUT2D eigenvalue weighted by Gasteiger charge is -2.47. The minimum absolute atomic E-state index is 0.00848. The first-order valence-corrected chi connectivity index (χ1v) is 16.5. The number of rotatable bonds is 8. The maximum Gasteiger partial charge on any atom is 0.226 e. The SMILES string of the molecule is CC1NCOC1COC1CCC2C[C@@H]([C@H](O)CNC(=O)C3CCC(C(=O)N4C5CCCC4COC5)CC3)NCC2C1. The first-order valence-electron chi connectivity index (χ1n) is 16.5. The number of fused-ring (bicyclic) bond motifs is 3. The fraction of sp³-hybridized carbons (Fsp3) is 0.935. The second-order valence-electron chi connectivity index (χ2n) is 13.8. The van der Waals surface area contributed by atoms with E-state index in [4.69, 9.17) is 14.2 Å². The van der Waals surface area contributed by atoms with E-state index >= 15 is 0 Å². The molecule has 7 unspecified atom stereocenters. The predicted molar refractivity (Wildman–Crippen MR) is 153 cm³/mol. The maximum absolute atomic E-state index is 13.4. The average molecular weight is 577 g/mol. The quantitative estimate of drug-likeness (QED) is 0.344. The molecule has 0 aromatic heterocycles. The second kappa shape index (κ2) is 13.6. The van der Waals surface area contributed by atoms with E-state index in [-0.39, 0.29) is 60.5 Å².